The molecule has 2 aliphatic heterocycles. The number of likely N-dealkylation sites (tertiary alicyclic amines) is 1. The second-order valence-corrected chi connectivity index (χ2v) is 9.74. The van der Waals surface area contributed by atoms with Crippen molar-refractivity contribution in [1.82, 2.24) is 9.80 Å². The van der Waals surface area contributed by atoms with Crippen LogP contribution in [0, 0.1) is 5.92 Å². The minimum absolute atomic E-state index is 0.0650. The quantitative estimate of drug-likeness (QED) is 0.806. The minimum Gasteiger partial charge on any atom is -0.372 e. The van der Waals surface area contributed by atoms with E-state index in [0.717, 1.165) is 44.8 Å². The number of hydrogen-bond acceptors (Lipinski definition) is 5. The van der Waals surface area contributed by atoms with Gasteiger partial charge in [-0.3, -0.25) is 4.90 Å². The van der Waals surface area contributed by atoms with Crippen molar-refractivity contribution in [2.75, 3.05) is 46.6 Å². The molecule has 2 saturated heterocycles. The molecule has 0 saturated carbocycles. The van der Waals surface area contributed by atoms with Crippen molar-refractivity contribution < 1.29 is 13.2 Å². The fourth-order valence-corrected chi connectivity index (χ4v) is 4.44. The molecule has 0 aliphatic carbocycles. The standard InChI is InChI=1S/C18H28N2O3S/c1-19(2)10-16-8-9-18(23-12-16)13-20(14-18)11-15-4-6-17(7-5-15)24(3,21)22/h4-7,16H,8-14H2,1-3H3/t16-/m1/s1. The van der Waals surface area contributed by atoms with E-state index in [4.69, 9.17) is 4.74 Å². The van der Waals surface area contributed by atoms with E-state index in [9.17, 15) is 8.42 Å². The molecule has 1 spiro atoms. The number of benzene rings is 1. The highest BCUT2D eigenvalue weighted by Crippen LogP contribution is 2.36. The Hall–Kier alpha value is -0.950. The number of sulfone groups is 1. The summed E-state index contributed by atoms with van der Waals surface area (Å²) in [6.45, 7) is 4.79. The molecule has 24 heavy (non-hydrogen) atoms. The first-order chi connectivity index (χ1) is 11.3. The maximum atomic E-state index is 11.5. The summed E-state index contributed by atoms with van der Waals surface area (Å²) in [5.74, 6) is 0.656. The van der Waals surface area contributed by atoms with Gasteiger partial charge in [-0.2, -0.15) is 0 Å². The molecular weight excluding hydrogens is 324 g/mol. The summed E-state index contributed by atoms with van der Waals surface area (Å²) in [5, 5.41) is 0. The third-order valence-corrected chi connectivity index (χ3v) is 6.17. The monoisotopic (exact) mass is 352 g/mol. The van der Waals surface area contributed by atoms with Crippen LogP contribution in [0.2, 0.25) is 0 Å². The van der Waals surface area contributed by atoms with E-state index in [2.05, 4.69) is 23.9 Å². The average Bonchev–Trinajstić information content (AvgIpc) is 2.47. The van der Waals surface area contributed by atoms with Gasteiger partial charge in [-0.1, -0.05) is 12.1 Å². The third kappa shape index (κ3) is 4.17. The van der Waals surface area contributed by atoms with Crippen LogP contribution >= 0.6 is 0 Å². The fourth-order valence-electron chi connectivity index (χ4n) is 3.81. The van der Waals surface area contributed by atoms with Crippen molar-refractivity contribution in [1.29, 1.82) is 0 Å². The van der Waals surface area contributed by atoms with Gasteiger partial charge in [-0.15, -0.1) is 0 Å². The Morgan fingerprint density at radius 3 is 2.42 bits per heavy atom. The normalized spacial score (nSPS) is 24.2. The van der Waals surface area contributed by atoms with E-state index in [-0.39, 0.29) is 5.60 Å². The summed E-state index contributed by atoms with van der Waals surface area (Å²) >= 11 is 0. The highest BCUT2D eigenvalue weighted by atomic mass is 32.2. The first kappa shape index (κ1) is 17.9. The molecule has 1 aromatic carbocycles. The van der Waals surface area contributed by atoms with Gasteiger partial charge >= 0.3 is 0 Å². The highest BCUT2D eigenvalue weighted by molar-refractivity contribution is 7.90. The smallest absolute Gasteiger partial charge is 0.175 e. The van der Waals surface area contributed by atoms with Gasteiger partial charge in [-0.25, -0.2) is 8.42 Å². The van der Waals surface area contributed by atoms with Crippen LogP contribution in [0.15, 0.2) is 29.2 Å². The van der Waals surface area contributed by atoms with Crippen molar-refractivity contribution in [3.8, 4) is 0 Å². The van der Waals surface area contributed by atoms with Crippen LogP contribution in [0.1, 0.15) is 18.4 Å². The van der Waals surface area contributed by atoms with Crippen LogP contribution in [0.4, 0.5) is 0 Å². The molecule has 134 valence electrons. The third-order valence-electron chi connectivity index (χ3n) is 5.04. The number of nitrogens with zero attached hydrogens (tertiary/aromatic N) is 2. The van der Waals surface area contributed by atoms with Crippen LogP contribution in [0.25, 0.3) is 0 Å². The number of ether oxygens (including phenoxy) is 1. The van der Waals surface area contributed by atoms with Crippen LogP contribution in [-0.4, -0.2) is 70.4 Å². The molecule has 0 unspecified atom stereocenters. The Labute approximate surface area is 145 Å². The highest BCUT2D eigenvalue weighted by Gasteiger charge is 2.46. The first-order valence-electron chi connectivity index (χ1n) is 8.56. The van der Waals surface area contributed by atoms with Gasteiger partial charge < -0.3 is 9.64 Å². The van der Waals surface area contributed by atoms with E-state index in [1.807, 2.05) is 12.1 Å². The second kappa shape index (κ2) is 6.75. The lowest BCUT2D eigenvalue weighted by atomic mass is 9.82. The Balaban J connectivity index is 1.47. The van der Waals surface area contributed by atoms with Gasteiger partial charge in [0.15, 0.2) is 9.84 Å². The van der Waals surface area contributed by atoms with Crippen molar-refractivity contribution in [2.45, 2.75) is 29.9 Å². The predicted molar refractivity (Wildman–Crippen MR) is 94.8 cm³/mol. The maximum absolute atomic E-state index is 11.5. The summed E-state index contributed by atoms with van der Waals surface area (Å²) in [7, 11) is 1.12. The molecule has 2 aliphatic rings. The average molecular weight is 353 g/mol. The van der Waals surface area contributed by atoms with Crippen LogP contribution in [-0.2, 0) is 21.1 Å². The van der Waals surface area contributed by atoms with Gasteiger partial charge in [0.25, 0.3) is 0 Å². The zero-order chi connectivity index (χ0) is 17.4. The molecule has 2 fully saturated rings. The summed E-state index contributed by atoms with van der Waals surface area (Å²) in [6.07, 6.45) is 3.63. The van der Waals surface area contributed by atoms with Crippen LogP contribution in [0.3, 0.4) is 0 Å². The zero-order valence-electron chi connectivity index (χ0n) is 14.9. The summed E-state index contributed by atoms with van der Waals surface area (Å²) in [6, 6.07) is 7.22. The van der Waals surface area contributed by atoms with Crippen LogP contribution in [0.5, 0.6) is 0 Å². The van der Waals surface area contributed by atoms with Crippen molar-refractivity contribution in [3.05, 3.63) is 29.8 Å². The SMILES string of the molecule is CN(C)C[C@H]1CCC2(CN(Cc3ccc(S(C)(=O)=O)cc3)C2)OC1. The molecule has 0 N–H and O–H groups in total. The van der Waals surface area contributed by atoms with Crippen molar-refractivity contribution in [2.24, 2.45) is 5.92 Å². The number of rotatable bonds is 5. The van der Waals surface area contributed by atoms with Crippen LogP contribution < -0.4 is 0 Å². The van der Waals surface area contributed by atoms with E-state index in [1.165, 1.54) is 12.7 Å². The van der Waals surface area contributed by atoms with Gasteiger partial charge in [-0.05, 0) is 50.6 Å². The lowest BCUT2D eigenvalue weighted by Gasteiger charge is -2.53. The molecule has 0 radical (unpaired) electrons. The topological polar surface area (TPSA) is 49.9 Å². The molecule has 5 nitrogen and oxygen atoms in total. The van der Waals surface area contributed by atoms with Crippen molar-refractivity contribution in [3.63, 3.8) is 0 Å². The largest absolute Gasteiger partial charge is 0.372 e. The summed E-state index contributed by atoms with van der Waals surface area (Å²) < 4.78 is 29.2. The molecule has 0 amide bonds. The lowest BCUT2D eigenvalue weighted by Crippen LogP contribution is -2.64. The van der Waals surface area contributed by atoms with E-state index < -0.39 is 9.84 Å². The maximum Gasteiger partial charge on any atom is 0.175 e. The van der Waals surface area contributed by atoms with Gasteiger partial charge in [0.05, 0.1) is 17.1 Å². The summed E-state index contributed by atoms with van der Waals surface area (Å²) in [4.78, 5) is 5.00. The first-order valence-corrected chi connectivity index (χ1v) is 10.4. The van der Waals surface area contributed by atoms with Gasteiger partial charge in [0.1, 0.15) is 0 Å². The Morgan fingerprint density at radius 2 is 1.92 bits per heavy atom. The Morgan fingerprint density at radius 1 is 1.25 bits per heavy atom. The molecule has 0 aromatic heterocycles. The van der Waals surface area contributed by atoms with Gasteiger partial charge in [0, 0.05) is 32.4 Å². The predicted octanol–water partition coefficient (Wildman–Crippen LogP) is 1.63. The Kier molecular flexibility index (Phi) is 5.02. The van der Waals surface area contributed by atoms with Crippen molar-refractivity contribution >= 4 is 9.84 Å². The zero-order valence-corrected chi connectivity index (χ0v) is 15.7. The molecule has 6 heteroatoms. The second-order valence-electron chi connectivity index (χ2n) is 7.72. The Bertz CT molecular complexity index is 654. The van der Waals surface area contributed by atoms with E-state index in [1.54, 1.807) is 12.1 Å². The minimum atomic E-state index is -3.11. The number of hydrogen-bond donors (Lipinski definition) is 0. The molecule has 1 aromatic rings. The van der Waals surface area contributed by atoms with E-state index >= 15 is 0 Å². The molecule has 2 heterocycles. The van der Waals surface area contributed by atoms with Gasteiger partial charge in [0.2, 0.25) is 0 Å². The summed E-state index contributed by atoms with van der Waals surface area (Å²) in [5.41, 5.74) is 1.22. The lowest BCUT2D eigenvalue weighted by molar-refractivity contribution is -0.182. The molecule has 1 atom stereocenters. The molecular formula is C18H28N2O3S. The molecule has 0 bridgehead atoms. The molecule has 3 rings (SSSR count). The fraction of sp³-hybridized carbons (Fsp3) is 0.667. The van der Waals surface area contributed by atoms with E-state index in [0.29, 0.717) is 10.8 Å².